The number of H-pyrrole nitrogens is 1. The minimum absolute atomic E-state index is 1.02. The second-order valence-corrected chi connectivity index (χ2v) is 6.72. The van der Waals surface area contributed by atoms with Crippen LogP contribution < -0.4 is 0 Å². The highest BCUT2D eigenvalue weighted by Crippen LogP contribution is 2.38. The van der Waals surface area contributed by atoms with E-state index in [2.05, 4.69) is 85.6 Å². The molecule has 0 saturated heterocycles. The Hall–Kier alpha value is -3.13. The minimum Gasteiger partial charge on any atom is -0.354 e. The van der Waals surface area contributed by atoms with E-state index >= 15 is 0 Å². The van der Waals surface area contributed by atoms with E-state index in [1.165, 1.54) is 38.4 Å². The molecule has 3 aromatic carbocycles. The number of aromatic amines is 1. The van der Waals surface area contributed by atoms with Gasteiger partial charge in [0, 0.05) is 27.2 Å². The Labute approximate surface area is 146 Å². The molecular weight excluding hydrogens is 304 g/mol. The summed E-state index contributed by atoms with van der Waals surface area (Å²) < 4.78 is 0. The summed E-state index contributed by atoms with van der Waals surface area (Å²) in [4.78, 5) is 8.69. The van der Waals surface area contributed by atoms with Crippen molar-refractivity contribution in [3.63, 3.8) is 0 Å². The van der Waals surface area contributed by atoms with Crippen LogP contribution in [0.5, 0.6) is 0 Å². The van der Waals surface area contributed by atoms with Crippen LogP contribution >= 0.6 is 0 Å². The van der Waals surface area contributed by atoms with E-state index in [9.17, 15) is 0 Å². The van der Waals surface area contributed by atoms with E-state index in [1.807, 2.05) is 0 Å². The number of benzene rings is 3. The topological polar surface area (TPSA) is 28.7 Å². The van der Waals surface area contributed by atoms with Crippen molar-refractivity contribution in [2.75, 3.05) is 0 Å². The summed E-state index contributed by atoms with van der Waals surface area (Å²) in [5.41, 5.74) is 8.14. The number of fused-ring (bicyclic) bond motifs is 5. The van der Waals surface area contributed by atoms with Crippen LogP contribution in [0, 0.1) is 13.8 Å². The molecule has 0 aliphatic heterocycles. The molecule has 2 heterocycles. The monoisotopic (exact) mass is 322 g/mol. The first-order valence-electron chi connectivity index (χ1n) is 8.59. The molecular formula is C23H18N2. The van der Waals surface area contributed by atoms with Gasteiger partial charge in [-0.05, 0) is 31.5 Å². The second-order valence-electron chi connectivity index (χ2n) is 6.72. The standard InChI is InChI=1S/C23H18N2/c1-14-11-12-16(15(2)13-14)22-21-17-7-3-5-9-19(17)24-23(21)18-8-4-6-10-20(18)25-22/h3-13,24H,1-2H3. The van der Waals surface area contributed by atoms with Crippen molar-refractivity contribution < 1.29 is 0 Å². The van der Waals surface area contributed by atoms with Crippen LogP contribution in [0.25, 0.3) is 44.0 Å². The maximum atomic E-state index is 5.07. The molecule has 120 valence electrons. The molecule has 25 heavy (non-hydrogen) atoms. The van der Waals surface area contributed by atoms with Gasteiger partial charge in [0.2, 0.25) is 0 Å². The average molecular weight is 322 g/mol. The third kappa shape index (κ3) is 2.07. The number of aromatic nitrogens is 2. The van der Waals surface area contributed by atoms with Crippen molar-refractivity contribution in [3.8, 4) is 11.3 Å². The minimum atomic E-state index is 1.02. The maximum absolute atomic E-state index is 5.07. The zero-order valence-corrected chi connectivity index (χ0v) is 14.3. The summed E-state index contributed by atoms with van der Waals surface area (Å²) >= 11 is 0. The van der Waals surface area contributed by atoms with Crippen molar-refractivity contribution in [2.24, 2.45) is 0 Å². The lowest BCUT2D eigenvalue weighted by molar-refractivity contribution is 1.35. The SMILES string of the molecule is Cc1ccc(-c2nc3ccccc3c3[nH]c4ccccc4c23)c(C)c1. The molecule has 0 unspecified atom stereocenters. The summed E-state index contributed by atoms with van der Waals surface area (Å²) in [5.74, 6) is 0. The van der Waals surface area contributed by atoms with Gasteiger partial charge in [-0.25, -0.2) is 4.98 Å². The molecule has 0 fully saturated rings. The van der Waals surface area contributed by atoms with E-state index in [4.69, 9.17) is 4.98 Å². The first-order chi connectivity index (χ1) is 12.2. The van der Waals surface area contributed by atoms with Gasteiger partial charge in [0.05, 0.1) is 16.7 Å². The Kier molecular flexibility index (Phi) is 2.95. The summed E-state index contributed by atoms with van der Waals surface area (Å²) in [7, 11) is 0. The molecule has 0 bridgehead atoms. The van der Waals surface area contributed by atoms with E-state index < -0.39 is 0 Å². The third-order valence-corrected chi connectivity index (χ3v) is 4.99. The zero-order chi connectivity index (χ0) is 17.0. The number of nitrogens with zero attached hydrogens (tertiary/aromatic N) is 1. The highest BCUT2D eigenvalue weighted by atomic mass is 14.8. The van der Waals surface area contributed by atoms with Crippen molar-refractivity contribution in [1.82, 2.24) is 9.97 Å². The fourth-order valence-corrected chi connectivity index (χ4v) is 3.82. The number of hydrogen-bond donors (Lipinski definition) is 1. The van der Waals surface area contributed by atoms with Gasteiger partial charge >= 0.3 is 0 Å². The first kappa shape index (κ1) is 14.2. The van der Waals surface area contributed by atoms with Gasteiger partial charge < -0.3 is 4.98 Å². The van der Waals surface area contributed by atoms with Gasteiger partial charge in [0.1, 0.15) is 0 Å². The fraction of sp³-hybridized carbons (Fsp3) is 0.0870. The molecule has 0 aliphatic rings. The van der Waals surface area contributed by atoms with Crippen LogP contribution in [0.2, 0.25) is 0 Å². The van der Waals surface area contributed by atoms with Crippen LogP contribution in [-0.4, -0.2) is 9.97 Å². The Morgan fingerprint density at radius 1 is 0.800 bits per heavy atom. The number of pyridine rings is 1. The molecule has 1 N–H and O–H groups in total. The van der Waals surface area contributed by atoms with Gasteiger partial charge in [-0.2, -0.15) is 0 Å². The molecule has 2 aromatic heterocycles. The van der Waals surface area contributed by atoms with Gasteiger partial charge in [-0.3, -0.25) is 0 Å². The Morgan fingerprint density at radius 3 is 2.40 bits per heavy atom. The molecule has 0 aliphatic carbocycles. The number of para-hydroxylation sites is 2. The summed E-state index contributed by atoms with van der Waals surface area (Å²) in [6, 6.07) is 23.4. The molecule has 0 atom stereocenters. The van der Waals surface area contributed by atoms with Crippen molar-refractivity contribution in [2.45, 2.75) is 13.8 Å². The lowest BCUT2D eigenvalue weighted by atomic mass is 9.98. The molecule has 0 radical (unpaired) electrons. The second kappa shape index (κ2) is 5.18. The lowest BCUT2D eigenvalue weighted by Gasteiger charge is -2.10. The zero-order valence-electron chi connectivity index (χ0n) is 14.3. The quantitative estimate of drug-likeness (QED) is 0.394. The van der Waals surface area contributed by atoms with Crippen LogP contribution in [0.15, 0.2) is 66.7 Å². The predicted molar refractivity (Wildman–Crippen MR) is 106 cm³/mol. The van der Waals surface area contributed by atoms with Gasteiger partial charge in [0.15, 0.2) is 0 Å². The molecule has 2 nitrogen and oxygen atoms in total. The van der Waals surface area contributed by atoms with Crippen molar-refractivity contribution in [1.29, 1.82) is 0 Å². The van der Waals surface area contributed by atoms with Crippen molar-refractivity contribution in [3.05, 3.63) is 77.9 Å². The average Bonchev–Trinajstić information content (AvgIpc) is 3.01. The van der Waals surface area contributed by atoms with E-state index in [0.29, 0.717) is 0 Å². The van der Waals surface area contributed by atoms with E-state index in [-0.39, 0.29) is 0 Å². The van der Waals surface area contributed by atoms with Crippen LogP contribution in [0.1, 0.15) is 11.1 Å². The predicted octanol–water partition coefficient (Wildman–Crippen LogP) is 6.15. The molecule has 0 saturated carbocycles. The summed E-state index contributed by atoms with van der Waals surface area (Å²) in [6.45, 7) is 4.30. The summed E-state index contributed by atoms with van der Waals surface area (Å²) in [5, 5.41) is 3.61. The molecule has 5 aromatic rings. The van der Waals surface area contributed by atoms with Crippen LogP contribution in [0.4, 0.5) is 0 Å². The van der Waals surface area contributed by atoms with Gasteiger partial charge in [0.25, 0.3) is 0 Å². The maximum Gasteiger partial charge on any atom is 0.0812 e. The molecule has 2 heteroatoms. The number of rotatable bonds is 1. The fourth-order valence-electron chi connectivity index (χ4n) is 3.82. The van der Waals surface area contributed by atoms with Gasteiger partial charge in [-0.1, -0.05) is 60.2 Å². The highest BCUT2D eigenvalue weighted by Gasteiger charge is 2.16. The van der Waals surface area contributed by atoms with Gasteiger partial charge in [-0.15, -0.1) is 0 Å². The molecule has 0 amide bonds. The normalized spacial score (nSPS) is 11.6. The largest absolute Gasteiger partial charge is 0.354 e. The first-order valence-corrected chi connectivity index (χ1v) is 8.59. The van der Waals surface area contributed by atoms with Crippen molar-refractivity contribution >= 4 is 32.7 Å². The third-order valence-electron chi connectivity index (χ3n) is 4.99. The van der Waals surface area contributed by atoms with E-state index in [1.54, 1.807) is 0 Å². The highest BCUT2D eigenvalue weighted by molar-refractivity contribution is 6.21. The number of nitrogens with one attached hydrogen (secondary N) is 1. The van der Waals surface area contributed by atoms with Crippen LogP contribution in [-0.2, 0) is 0 Å². The molecule has 0 spiro atoms. The summed E-state index contributed by atoms with van der Waals surface area (Å²) in [6.07, 6.45) is 0. The Morgan fingerprint density at radius 2 is 1.56 bits per heavy atom. The Bertz CT molecular complexity index is 1260. The van der Waals surface area contributed by atoms with Crippen LogP contribution in [0.3, 0.4) is 0 Å². The smallest absolute Gasteiger partial charge is 0.0812 e. The van der Waals surface area contributed by atoms with E-state index in [0.717, 1.165) is 16.7 Å². The number of aryl methyl sites for hydroxylation is 2. The number of hydrogen-bond acceptors (Lipinski definition) is 1. The Balaban J connectivity index is 2.03. The lowest BCUT2D eigenvalue weighted by Crippen LogP contribution is -1.91. The molecule has 5 rings (SSSR count).